The van der Waals surface area contributed by atoms with Gasteiger partial charge in [0.1, 0.15) is 0 Å². The number of fused-ring (bicyclic) bond motifs is 10. The number of rotatable bonds is 5. The molecule has 1 aliphatic carbocycles. The van der Waals surface area contributed by atoms with E-state index in [1.165, 1.54) is 53.2 Å². The third kappa shape index (κ3) is 5.19. The molecule has 0 spiro atoms. The van der Waals surface area contributed by atoms with Gasteiger partial charge in [0.25, 0.3) is 0 Å². The van der Waals surface area contributed by atoms with E-state index in [0.29, 0.717) is 23.0 Å². The maximum absolute atomic E-state index is 11.0. The smallest absolute Gasteiger partial charge is 0.164 e. The highest BCUT2D eigenvalue weighted by Crippen LogP contribution is 2.53. The Balaban J connectivity index is 1.06. The molecule has 0 amide bonds. The molecule has 0 saturated heterocycles. The van der Waals surface area contributed by atoms with Gasteiger partial charge in [-0.15, -0.1) is 11.3 Å². The molecule has 8 aromatic carbocycles. The summed E-state index contributed by atoms with van der Waals surface area (Å²) in [4.78, 5) is 14.8. The van der Waals surface area contributed by atoms with Crippen LogP contribution in [0, 0.1) is 11.3 Å². The highest BCUT2D eigenvalue weighted by atomic mass is 32.1. The molecule has 0 radical (unpaired) electrons. The molecule has 0 bridgehead atoms. The highest BCUT2D eigenvalue weighted by molar-refractivity contribution is 7.25. The minimum atomic E-state index is -0.172. The molecule has 0 aliphatic heterocycles. The van der Waals surface area contributed by atoms with E-state index in [-0.39, 0.29) is 5.92 Å². The summed E-state index contributed by atoms with van der Waals surface area (Å²) in [6, 6.07) is 66.2. The second-order valence-electron chi connectivity index (χ2n) is 15.0. The van der Waals surface area contributed by atoms with Gasteiger partial charge >= 0.3 is 0 Å². The maximum atomic E-state index is 11.0. The monoisotopic (exact) mass is 769 g/mol. The van der Waals surface area contributed by atoms with Crippen LogP contribution >= 0.6 is 11.3 Å². The molecule has 0 N–H and O–H groups in total. The molecular formula is C53H31N5S. The lowest BCUT2D eigenvalue weighted by molar-refractivity contribution is 1.02. The van der Waals surface area contributed by atoms with E-state index in [2.05, 4.69) is 126 Å². The Morgan fingerprint density at radius 3 is 1.88 bits per heavy atom. The van der Waals surface area contributed by atoms with Gasteiger partial charge in [0.2, 0.25) is 0 Å². The first-order valence-corrected chi connectivity index (χ1v) is 20.5. The quantitative estimate of drug-likeness (QED) is 0.175. The lowest BCUT2D eigenvalue weighted by Crippen LogP contribution is -2.04. The van der Waals surface area contributed by atoms with Crippen molar-refractivity contribution >= 4 is 53.3 Å². The van der Waals surface area contributed by atoms with E-state index in [0.717, 1.165) is 39.0 Å². The van der Waals surface area contributed by atoms with Gasteiger partial charge in [-0.1, -0.05) is 140 Å². The second-order valence-corrected chi connectivity index (χ2v) is 16.1. The van der Waals surface area contributed by atoms with Gasteiger partial charge in [0.15, 0.2) is 17.5 Å². The lowest BCUT2D eigenvalue weighted by atomic mass is 9.84. The van der Waals surface area contributed by atoms with E-state index in [9.17, 15) is 5.26 Å². The van der Waals surface area contributed by atoms with Crippen LogP contribution in [0.5, 0.6) is 0 Å². The van der Waals surface area contributed by atoms with Crippen molar-refractivity contribution in [3.63, 3.8) is 0 Å². The van der Waals surface area contributed by atoms with Crippen molar-refractivity contribution in [3.05, 3.63) is 204 Å². The molecule has 3 heterocycles. The minimum absolute atomic E-state index is 0.172. The summed E-state index contributed by atoms with van der Waals surface area (Å²) in [5.74, 6) is 1.52. The number of para-hydroxylation sites is 1. The fourth-order valence-corrected chi connectivity index (χ4v) is 10.3. The normalized spacial score (nSPS) is 13.2. The van der Waals surface area contributed by atoms with Crippen LogP contribution in [0.15, 0.2) is 182 Å². The van der Waals surface area contributed by atoms with Crippen LogP contribution in [0.1, 0.15) is 28.2 Å². The molecule has 59 heavy (non-hydrogen) atoms. The summed E-state index contributed by atoms with van der Waals surface area (Å²) >= 11 is 1.84. The van der Waals surface area contributed by atoms with E-state index in [4.69, 9.17) is 15.0 Å². The van der Waals surface area contributed by atoms with Crippen LogP contribution in [-0.4, -0.2) is 19.5 Å². The number of nitrogens with zero attached hydrogens (tertiary/aromatic N) is 5. The standard InChI is InChI=1S/C53H31N5S/c54-31-35-29-34(53-56-51(32-13-3-1-4-14-32)55-52(57-53)33-15-5-2-6-16-33)23-25-37(35)48-40-19-8-7-17-38(40)41-26-27-45-49(50(41)48)42-20-9-11-21-44(42)58(45)36-24-28-47-43(30-36)39-18-10-12-22-46(39)59-47/h1-30,48H. The first kappa shape index (κ1) is 33.4. The lowest BCUT2D eigenvalue weighted by Gasteiger charge is -2.18. The van der Waals surface area contributed by atoms with E-state index < -0.39 is 0 Å². The fourth-order valence-electron chi connectivity index (χ4n) is 9.21. The summed E-state index contributed by atoms with van der Waals surface area (Å²) in [5.41, 5.74) is 12.3. The number of hydrogen-bond donors (Lipinski definition) is 0. The van der Waals surface area contributed by atoms with Crippen molar-refractivity contribution in [2.24, 2.45) is 0 Å². The molecule has 1 unspecified atom stereocenters. The number of hydrogen-bond acceptors (Lipinski definition) is 5. The third-order valence-corrected chi connectivity index (χ3v) is 12.9. The van der Waals surface area contributed by atoms with Gasteiger partial charge in [0, 0.05) is 59.2 Å². The average molecular weight is 770 g/mol. The summed E-state index contributed by atoms with van der Waals surface area (Å²) in [5, 5.41) is 15.9. The van der Waals surface area contributed by atoms with Gasteiger partial charge in [-0.3, -0.25) is 0 Å². The molecule has 274 valence electrons. The second kappa shape index (κ2) is 13.2. The van der Waals surface area contributed by atoms with Crippen LogP contribution in [0.25, 0.3) is 93.0 Å². The molecule has 1 atom stereocenters. The Labute approximate surface area is 343 Å². The topological polar surface area (TPSA) is 67.4 Å². The van der Waals surface area contributed by atoms with Gasteiger partial charge < -0.3 is 4.57 Å². The molecule has 6 heteroatoms. The van der Waals surface area contributed by atoms with Crippen molar-refractivity contribution in [1.82, 2.24) is 19.5 Å². The first-order chi connectivity index (χ1) is 29.2. The zero-order valence-electron chi connectivity index (χ0n) is 31.5. The number of aromatic nitrogens is 4. The maximum Gasteiger partial charge on any atom is 0.164 e. The van der Waals surface area contributed by atoms with Crippen LogP contribution in [0.4, 0.5) is 0 Å². The van der Waals surface area contributed by atoms with E-state index in [1.807, 2.05) is 78.1 Å². The Hall–Kier alpha value is -7.72. The minimum Gasteiger partial charge on any atom is -0.309 e. The number of nitriles is 1. The van der Waals surface area contributed by atoms with Crippen molar-refractivity contribution in [2.45, 2.75) is 5.92 Å². The molecule has 0 saturated carbocycles. The molecule has 1 aliphatic rings. The van der Waals surface area contributed by atoms with Crippen molar-refractivity contribution < 1.29 is 0 Å². The molecule has 5 nitrogen and oxygen atoms in total. The Bertz CT molecular complexity index is 3470. The fraction of sp³-hybridized carbons (Fsp3) is 0.0189. The van der Waals surface area contributed by atoms with Crippen LogP contribution < -0.4 is 0 Å². The summed E-state index contributed by atoms with van der Waals surface area (Å²) in [6.45, 7) is 0. The van der Waals surface area contributed by atoms with Crippen LogP contribution in [0.2, 0.25) is 0 Å². The Morgan fingerprint density at radius 2 is 1.12 bits per heavy atom. The molecule has 0 fully saturated rings. The van der Waals surface area contributed by atoms with Crippen molar-refractivity contribution in [2.75, 3.05) is 0 Å². The SMILES string of the molecule is N#Cc1cc(-c2nc(-c3ccccc3)nc(-c3ccccc3)n2)ccc1C1c2ccccc2-c2ccc3c(c21)c1ccccc1n3-c1ccc2sc3ccccc3c2c1. The predicted octanol–water partition coefficient (Wildman–Crippen LogP) is 13.4. The van der Waals surface area contributed by atoms with Crippen LogP contribution in [-0.2, 0) is 0 Å². The Kier molecular flexibility index (Phi) is 7.46. The third-order valence-electron chi connectivity index (χ3n) is 11.8. The van der Waals surface area contributed by atoms with E-state index >= 15 is 0 Å². The molecule has 11 aromatic rings. The zero-order valence-corrected chi connectivity index (χ0v) is 32.4. The van der Waals surface area contributed by atoms with E-state index in [1.54, 1.807) is 0 Å². The molecule has 12 rings (SSSR count). The number of benzene rings is 8. The van der Waals surface area contributed by atoms with Gasteiger partial charge in [-0.05, 0) is 70.3 Å². The first-order valence-electron chi connectivity index (χ1n) is 19.7. The highest BCUT2D eigenvalue weighted by Gasteiger charge is 2.35. The molecule has 3 aromatic heterocycles. The summed E-state index contributed by atoms with van der Waals surface area (Å²) < 4.78 is 4.99. The average Bonchev–Trinajstić information content (AvgIpc) is 3.96. The largest absolute Gasteiger partial charge is 0.309 e. The van der Waals surface area contributed by atoms with Crippen molar-refractivity contribution in [1.29, 1.82) is 5.26 Å². The Morgan fingerprint density at radius 1 is 0.475 bits per heavy atom. The van der Waals surface area contributed by atoms with Gasteiger partial charge in [-0.25, -0.2) is 15.0 Å². The number of thiophene rings is 1. The zero-order chi connectivity index (χ0) is 39.0. The van der Waals surface area contributed by atoms with Crippen LogP contribution in [0.3, 0.4) is 0 Å². The van der Waals surface area contributed by atoms with Gasteiger partial charge in [0.05, 0.1) is 22.7 Å². The predicted molar refractivity (Wildman–Crippen MR) is 241 cm³/mol. The van der Waals surface area contributed by atoms with Crippen molar-refractivity contribution in [3.8, 4) is 57.0 Å². The molecular weight excluding hydrogens is 739 g/mol. The van der Waals surface area contributed by atoms with Gasteiger partial charge in [-0.2, -0.15) is 5.26 Å². The summed E-state index contributed by atoms with van der Waals surface area (Å²) in [6.07, 6.45) is 0. The summed E-state index contributed by atoms with van der Waals surface area (Å²) in [7, 11) is 0.